The minimum atomic E-state index is -0.879. The zero-order chi connectivity index (χ0) is 30.8. The second kappa shape index (κ2) is 13.2. The van der Waals surface area contributed by atoms with Crippen LogP contribution in [0.3, 0.4) is 0 Å². The fourth-order valence-electron chi connectivity index (χ4n) is 6.68. The minimum Gasteiger partial charge on any atom is -0.494 e. The number of aromatic nitrogens is 2. The first kappa shape index (κ1) is 30.5. The number of piperazine rings is 1. The molecule has 1 N–H and O–H groups in total. The number of ether oxygens (including phenoxy) is 1. The lowest BCUT2D eigenvalue weighted by molar-refractivity contribution is 0.0982. The number of benzene rings is 2. The van der Waals surface area contributed by atoms with Crippen molar-refractivity contribution in [3.8, 4) is 5.75 Å². The summed E-state index contributed by atoms with van der Waals surface area (Å²) in [5.74, 6) is 0.273. The maximum atomic E-state index is 14.7. The van der Waals surface area contributed by atoms with Crippen molar-refractivity contribution in [2.24, 2.45) is 0 Å². The first-order valence-corrected chi connectivity index (χ1v) is 15.7. The van der Waals surface area contributed by atoms with Crippen LogP contribution in [-0.2, 0) is 4.84 Å². The highest BCUT2D eigenvalue weighted by atomic mass is 19.2. The van der Waals surface area contributed by atoms with Gasteiger partial charge in [-0.05, 0) is 43.5 Å². The Kier molecular flexibility index (Phi) is 9.16. The second-order valence-corrected chi connectivity index (χ2v) is 12.3. The monoisotopic (exact) mass is 607 g/mol. The maximum absolute atomic E-state index is 14.7. The number of piperidine rings is 1. The standard InChI is InChI=1S/C33H43F2N7O2/c1-22(2)25-18-27(30(43-4)19-29(25)41-11-8-23(9-12-41)40-15-13-39(3)14-16-40)38-31-20-32(37-21-36-31)42-28(10-17-44-42)24-6-5-7-26(34)33(24)35/h5-7,18-23,28H,8-17H2,1-4H3,(H,36,37,38). The van der Waals surface area contributed by atoms with Crippen molar-refractivity contribution in [3.63, 3.8) is 0 Å². The molecule has 3 aliphatic rings. The van der Waals surface area contributed by atoms with E-state index in [4.69, 9.17) is 9.57 Å². The number of hydrogen-bond donors (Lipinski definition) is 1. The Morgan fingerprint density at radius 3 is 2.48 bits per heavy atom. The quantitative estimate of drug-likeness (QED) is 0.346. The van der Waals surface area contributed by atoms with Gasteiger partial charge in [0, 0.05) is 75.1 Å². The summed E-state index contributed by atoms with van der Waals surface area (Å²) in [7, 11) is 3.89. The molecule has 1 aromatic heterocycles. The minimum absolute atomic E-state index is 0.238. The molecule has 3 fully saturated rings. The van der Waals surface area contributed by atoms with E-state index in [1.807, 2.05) is 0 Å². The van der Waals surface area contributed by atoms with Crippen LogP contribution in [0.4, 0.5) is 31.8 Å². The van der Waals surface area contributed by atoms with Crippen molar-refractivity contribution in [1.82, 2.24) is 19.8 Å². The molecule has 0 bridgehead atoms. The molecule has 11 heteroatoms. The fourth-order valence-corrected chi connectivity index (χ4v) is 6.68. The molecule has 236 valence electrons. The summed E-state index contributed by atoms with van der Waals surface area (Å²) < 4.78 is 34.5. The molecule has 6 rings (SSSR count). The average molecular weight is 608 g/mol. The molecule has 0 saturated carbocycles. The number of methoxy groups -OCH3 is 1. The van der Waals surface area contributed by atoms with E-state index >= 15 is 0 Å². The maximum Gasteiger partial charge on any atom is 0.164 e. The van der Waals surface area contributed by atoms with Gasteiger partial charge in [-0.3, -0.25) is 9.74 Å². The fraction of sp³-hybridized carbons (Fsp3) is 0.515. The van der Waals surface area contributed by atoms with Crippen LogP contribution in [0.5, 0.6) is 5.75 Å². The molecule has 1 atom stereocenters. The van der Waals surface area contributed by atoms with E-state index in [0.717, 1.165) is 69.6 Å². The normalized spacial score (nSPS) is 20.5. The highest BCUT2D eigenvalue weighted by Gasteiger charge is 2.32. The van der Waals surface area contributed by atoms with E-state index in [0.29, 0.717) is 36.6 Å². The summed E-state index contributed by atoms with van der Waals surface area (Å²) in [5.41, 5.74) is 3.49. The second-order valence-electron chi connectivity index (χ2n) is 12.3. The van der Waals surface area contributed by atoms with E-state index in [9.17, 15) is 8.78 Å². The zero-order valence-corrected chi connectivity index (χ0v) is 26.1. The van der Waals surface area contributed by atoms with E-state index < -0.39 is 17.7 Å². The van der Waals surface area contributed by atoms with Gasteiger partial charge in [0.1, 0.15) is 17.9 Å². The Labute approximate surface area is 258 Å². The third kappa shape index (κ3) is 6.31. The molecule has 2 aromatic carbocycles. The van der Waals surface area contributed by atoms with Crippen LogP contribution in [0.15, 0.2) is 42.7 Å². The summed E-state index contributed by atoms with van der Waals surface area (Å²) in [6.07, 6.45) is 4.26. The van der Waals surface area contributed by atoms with Gasteiger partial charge in [0.25, 0.3) is 0 Å². The molecule has 3 aliphatic heterocycles. The van der Waals surface area contributed by atoms with Gasteiger partial charge in [0.15, 0.2) is 17.5 Å². The Bertz CT molecular complexity index is 1440. The van der Waals surface area contributed by atoms with Gasteiger partial charge in [-0.2, -0.15) is 0 Å². The van der Waals surface area contributed by atoms with Crippen LogP contribution < -0.4 is 20.0 Å². The van der Waals surface area contributed by atoms with Crippen LogP contribution in [0.25, 0.3) is 0 Å². The first-order chi connectivity index (χ1) is 21.3. The lowest BCUT2D eigenvalue weighted by Crippen LogP contribution is -2.52. The Balaban J connectivity index is 1.20. The van der Waals surface area contributed by atoms with E-state index in [1.54, 1.807) is 19.2 Å². The molecule has 1 unspecified atom stereocenters. The van der Waals surface area contributed by atoms with E-state index in [1.165, 1.54) is 28.7 Å². The molecule has 0 radical (unpaired) electrons. The van der Waals surface area contributed by atoms with Crippen LogP contribution in [0, 0.1) is 11.6 Å². The predicted molar refractivity (Wildman–Crippen MR) is 169 cm³/mol. The summed E-state index contributed by atoms with van der Waals surface area (Å²) in [4.78, 5) is 22.3. The van der Waals surface area contributed by atoms with Crippen LogP contribution in [0.2, 0.25) is 0 Å². The highest BCUT2D eigenvalue weighted by Crippen LogP contribution is 2.41. The topological polar surface area (TPSA) is 69.2 Å². The summed E-state index contributed by atoms with van der Waals surface area (Å²) >= 11 is 0. The number of nitrogens with one attached hydrogen (secondary N) is 1. The third-order valence-electron chi connectivity index (χ3n) is 9.22. The number of likely N-dealkylation sites (N-methyl/N-ethyl adjacent to an activating group) is 1. The molecular formula is C33H43F2N7O2. The molecular weight excluding hydrogens is 564 g/mol. The molecule has 4 heterocycles. The Morgan fingerprint density at radius 1 is 0.977 bits per heavy atom. The van der Waals surface area contributed by atoms with Crippen molar-refractivity contribution >= 4 is 23.0 Å². The lowest BCUT2D eigenvalue weighted by Gasteiger charge is -2.43. The number of hydroxylamine groups is 1. The lowest BCUT2D eigenvalue weighted by atomic mass is 9.96. The molecule has 9 nitrogen and oxygen atoms in total. The van der Waals surface area contributed by atoms with Gasteiger partial charge >= 0.3 is 0 Å². The van der Waals surface area contributed by atoms with Gasteiger partial charge in [-0.15, -0.1) is 0 Å². The van der Waals surface area contributed by atoms with E-state index in [2.05, 4.69) is 63.0 Å². The van der Waals surface area contributed by atoms with Gasteiger partial charge < -0.3 is 19.9 Å². The summed E-state index contributed by atoms with van der Waals surface area (Å²) in [6, 6.07) is 10.4. The number of rotatable bonds is 8. The molecule has 0 amide bonds. The van der Waals surface area contributed by atoms with Gasteiger partial charge in [-0.25, -0.2) is 23.8 Å². The highest BCUT2D eigenvalue weighted by molar-refractivity contribution is 5.73. The van der Waals surface area contributed by atoms with Crippen molar-refractivity contribution in [2.45, 2.75) is 51.1 Å². The molecule has 3 saturated heterocycles. The third-order valence-corrected chi connectivity index (χ3v) is 9.22. The van der Waals surface area contributed by atoms with Crippen LogP contribution >= 0.6 is 0 Å². The van der Waals surface area contributed by atoms with Gasteiger partial charge in [-0.1, -0.05) is 26.0 Å². The van der Waals surface area contributed by atoms with Gasteiger partial charge in [0.2, 0.25) is 0 Å². The summed E-state index contributed by atoms with van der Waals surface area (Å²) in [6.45, 7) is 11.4. The number of halogens is 2. The number of nitrogens with zero attached hydrogens (tertiary/aromatic N) is 6. The Morgan fingerprint density at radius 2 is 1.75 bits per heavy atom. The van der Waals surface area contributed by atoms with Crippen molar-refractivity contribution in [3.05, 3.63) is 65.5 Å². The number of anilines is 4. The molecule has 3 aromatic rings. The predicted octanol–water partition coefficient (Wildman–Crippen LogP) is 5.73. The van der Waals surface area contributed by atoms with Crippen LogP contribution in [-0.4, -0.2) is 85.8 Å². The molecule has 0 spiro atoms. The first-order valence-electron chi connectivity index (χ1n) is 15.7. The Hall–Kier alpha value is -3.54. The average Bonchev–Trinajstić information content (AvgIpc) is 3.53. The smallest absolute Gasteiger partial charge is 0.164 e. The van der Waals surface area contributed by atoms with Crippen molar-refractivity contribution in [2.75, 3.05) is 75.3 Å². The molecule has 44 heavy (non-hydrogen) atoms. The van der Waals surface area contributed by atoms with Crippen molar-refractivity contribution < 1.29 is 18.4 Å². The largest absolute Gasteiger partial charge is 0.494 e. The summed E-state index contributed by atoms with van der Waals surface area (Å²) in [5, 5.41) is 4.96. The van der Waals surface area contributed by atoms with Crippen molar-refractivity contribution in [1.29, 1.82) is 0 Å². The zero-order valence-electron chi connectivity index (χ0n) is 26.1. The molecule has 0 aliphatic carbocycles. The SMILES string of the molecule is COc1cc(N2CCC(N3CCN(C)CC3)CC2)c(C(C)C)cc1Nc1cc(N2OCCC2c2cccc(F)c2F)ncn1. The van der Waals surface area contributed by atoms with E-state index in [-0.39, 0.29) is 5.56 Å². The van der Waals surface area contributed by atoms with Crippen LogP contribution in [0.1, 0.15) is 56.2 Å². The van der Waals surface area contributed by atoms with Gasteiger partial charge in [0.05, 0.1) is 25.4 Å². The number of hydrogen-bond acceptors (Lipinski definition) is 9.